The molecule has 1 aliphatic heterocycles. The Bertz CT molecular complexity index is 767. The fourth-order valence-corrected chi connectivity index (χ4v) is 3.29. The number of carbonyl (C=O) groups excluding carboxylic acids is 1. The smallest absolute Gasteiger partial charge is 0.414 e. The number of alkyl halides is 1. The first kappa shape index (κ1) is 19.4. The number of hydrogen-bond acceptors (Lipinski definition) is 3. The van der Waals surface area contributed by atoms with Crippen molar-refractivity contribution in [2.45, 2.75) is 46.1 Å². The summed E-state index contributed by atoms with van der Waals surface area (Å²) in [6.07, 6.45) is -0.416. The van der Waals surface area contributed by atoms with Gasteiger partial charge in [0.15, 0.2) is 0 Å². The molecule has 136 valence electrons. The molecule has 0 spiro atoms. The van der Waals surface area contributed by atoms with Crippen molar-refractivity contribution in [3.8, 4) is 5.75 Å². The van der Waals surface area contributed by atoms with Crippen LogP contribution in [0.4, 0.5) is 10.5 Å². The average Bonchev–Trinajstić information content (AvgIpc) is 2.94. The highest BCUT2D eigenvalue weighted by atomic mass is 35.5. The average molecular weight is 364 g/mol. The molecule has 1 aliphatic rings. The fourth-order valence-electron chi connectivity index (χ4n) is 3.04. The first-order valence-corrected chi connectivity index (χ1v) is 9.16. The molecule has 0 saturated heterocycles. The van der Waals surface area contributed by atoms with Crippen molar-refractivity contribution in [1.82, 2.24) is 0 Å². The number of fused-ring (bicyclic) bond motifs is 3. The SMILES string of the molecule is CC.CC(C)(C)OC(=O)N1CC(CCl)c2c1cc(O)c1ccccc21. The van der Waals surface area contributed by atoms with Crippen molar-refractivity contribution in [2.75, 3.05) is 17.3 Å². The molecule has 5 heteroatoms. The topological polar surface area (TPSA) is 49.8 Å². The molecule has 1 unspecified atom stereocenters. The second kappa shape index (κ2) is 7.52. The van der Waals surface area contributed by atoms with Crippen LogP contribution in [0.2, 0.25) is 0 Å². The summed E-state index contributed by atoms with van der Waals surface area (Å²) in [5.41, 5.74) is 1.11. The summed E-state index contributed by atoms with van der Waals surface area (Å²) in [5, 5.41) is 12.0. The van der Waals surface area contributed by atoms with Gasteiger partial charge >= 0.3 is 6.09 Å². The molecular weight excluding hydrogens is 338 g/mol. The van der Waals surface area contributed by atoms with Crippen LogP contribution in [0.25, 0.3) is 10.8 Å². The molecule has 2 aromatic rings. The second-order valence-electron chi connectivity index (χ2n) is 6.82. The van der Waals surface area contributed by atoms with Gasteiger partial charge in [-0.1, -0.05) is 38.1 Å². The molecule has 4 nitrogen and oxygen atoms in total. The molecule has 1 heterocycles. The number of phenols is 1. The van der Waals surface area contributed by atoms with Crippen LogP contribution >= 0.6 is 11.6 Å². The molecule has 1 amide bonds. The summed E-state index contributed by atoms with van der Waals surface area (Å²) in [6.45, 7) is 9.96. The summed E-state index contributed by atoms with van der Waals surface area (Å²) in [5.74, 6) is 0.578. The zero-order valence-corrected chi connectivity index (χ0v) is 16.2. The molecular formula is C20H26ClNO3. The van der Waals surface area contributed by atoms with E-state index in [9.17, 15) is 9.90 Å². The number of benzene rings is 2. The minimum atomic E-state index is -0.574. The van der Waals surface area contributed by atoms with Crippen LogP contribution < -0.4 is 4.90 Å². The lowest BCUT2D eigenvalue weighted by atomic mass is 9.95. The normalized spacial score (nSPS) is 16.2. The van der Waals surface area contributed by atoms with Gasteiger partial charge in [0.05, 0.1) is 5.69 Å². The van der Waals surface area contributed by atoms with Crippen molar-refractivity contribution in [1.29, 1.82) is 0 Å². The minimum absolute atomic E-state index is 0.0182. The first-order valence-electron chi connectivity index (χ1n) is 8.63. The van der Waals surface area contributed by atoms with Crippen molar-refractivity contribution < 1.29 is 14.6 Å². The Labute approximate surface area is 154 Å². The van der Waals surface area contributed by atoms with Gasteiger partial charge in [0.1, 0.15) is 11.4 Å². The van der Waals surface area contributed by atoms with Crippen LogP contribution in [-0.4, -0.2) is 29.2 Å². The van der Waals surface area contributed by atoms with Crippen molar-refractivity contribution in [2.24, 2.45) is 0 Å². The van der Waals surface area contributed by atoms with E-state index < -0.39 is 11.7 Å². The standard InChI is InChI=1S/C18H20ClNO3.C2H6/c1-18(2,3)23-17(22)20-10-11(9-19)16-13-7-5-4-6-12(13)15(21)8-14(16)20;1-2/h4-8,11,21H,9-10H2,1-3H3;1-2H3. The number of nitrogens with zero attached hydrogens (tertiary/aromatic N) is 1. The lowest BCUT2D eigenvalue weighted by Crippen LogP contribution is -2.36. The first-order chi connectivity index (χ1) is 11.8. The van der Waals surface area contributed by atoms with Crippen molar-refractivity contribution >= 4 is 34.2 Å². The predicted octanol–water partition coefficient (Wildman–Crippen LogP) is 5.65. The molecule has 3 rings (SSSR count). The fraction of sp³-hybridized carbons (Fsp3) is 0.450. The lowest BCUT2D eigenvalue weighted by molar-refractivity contribution is 0.0582. The van der Waals surface area contributed by atoms with Crippen LogP contribution in [-0.2, 0) is 4.74 Å². The van der Waals surface area contributed by atoms with Gasteiger partial charge in [-0.15, -0.1) is 11.6 Å². The Balaban J connectivity index is 0.00000109. The van der Waals surface area contributed by atoms with E-state index in [-0.39, 0.29) is 11.7 Å². The van der Waals surface area contributed by atoms with Crippen LogP contribution in [0.5, 0.6) is 5.75 Å². The maximum atomic E-state index is 12.5. The maximum Gasteiger partial charge on any atom is 0.414 e. The Kier molecular flexibility index (Phi) is 5.83. The molecule has 0 fully saturated rings. The summed E-state index contributed by atoms with van der Waals surface area (Å²) >= 11 is 6.14. The van der Waals surface area contributed by atoms with E-state index in [0.29, 0.717) is 18.1 Å². The number of rotatable bonds is 1. The quantitative estimate of drug-likeness (QED) is 0.666. The highest BCUT2D eigenvalue weighted by molar-refractivity contribution is 6.19. The highest BCUT2D eigenvalue weighted by Gasteiger charge is 2.36. The molecule has 2 aromatic carbocycles. The molecule has 1 N–H and O–H groups in total. The number of hydrogen-bond donors (Lipinski definition) is 1. The Morgan fingerprint density at radius 3 is 2.44 bits per heavy atom. The zero-order chi connectivity index (χ0) is 18.8. The number of amides is 1. The van der Waals surface area contributed by atoms with E-state index >= 15 is 0 Å². The molecule has 0 bridgehead atoms. The summed E-state index contributed by atoms with van der Waals surface area (Å²) in [6, 6.07) is 9.25. The highest BCUT2D eigenvalue weighted by Crippen LogP contribution is 2.45. The third-order valence-corrected chi connectivity index (χ3v) is 4.32. The number of phenolic OH excluding ortho intramolecular Hbond substituents is 1. The monoisotopic (exact) mass is 363 g/mol. The number of halogens is 1. The van der Waals surface area contributed by atoms with E-state index in [0.717, 1.165) is 16.3 Å². The number of ether oxygens (including phenoxy) is 1. The zero-order valence-electron chi connectivity index (χ0n) is 15.5. The third kappa shape index (κ3) is 3.84. The molecule has 0 aliphatic carbocycles. The van der Waals surface area contributed by atoms with E-state index in [1.54, 1.807) is 11.0 Å². The number of aromatic hydroxyl groups is 1. The molecule has 0 saturated carbocycles. The largest absolute Gasteiger partial charge is 0.507 e. The third-order valence-electron chi connectivity index (χ3n) is 3.94. The van der Waals surface area contributed by atoms with Crippen molar-refractivity contribution in [3.63, 3.8) is 0 Å². The van der Waals surface area contributed by atoms with Gasteiger partial charge < -0.3 is 9.84 Å². The van der Waals surface area contributed by atoms with Gasteiger partial charge in [-0.3, -0.25) is 4.90 Å². The van der Waals surface area contributed by atoms with Gasteiger partial charge in [0.2, 0.25) is 0 Å². The van der Waals surface area contributed by atoms with Gasteiger partial charge in [-0.2, -0.15) is 0 Å². The van der Waals surface area contributed by atoms with Crippen LogP contribution in [0, 0.1) is 0 Å². The maximum absolute atomic E-state index is 12.5. The van der Waals surface area contributed by atoms with E-state index in [1.807, 2.05) is 58.9 Å². The van der Waals surface area contributed by atoms with Crippen LogP contribution in [0.3, 0.4) is 0 Å². The Morgan fingerprint density at radius 1 is 1.28 bits per heavy atom. The molecule has 0 radical (unpaired) electrons. The van der Waals surface area contributed by atoms with E-state index in [4.69, 9.17) is 16.3 Å². The van der Waals surface area contributed by atoms with Crippen molar-refractivity contribution in [3.05, 3.63) is 35.9 Å². The van der Waals surface area contributed by atoms with Gasteiger partial charge in [0.25, 0.3) is 0 Å². The van der Waals surface area contributed by atoms with Crippen LogP contribution in [0.1, 0.15) is 46.1 Å². The number of carbonyl (C=O) groups is 1. The summed E-state index contributed by atoms with van der Waals surface area (Å²) in [7, 11) is 0. The molecule has 0 aromatic heterocycles. The summed E-state index contributed by atoms with van der Waals surface area (Å²) in [4.78, 5) is 14.1. The summed E-state index contributed by atoms with van der Waals surface area (Å²) < 4.78 is 5.49. The van der Waals surface area contributed by atoms with Gasteiger partial charge in [0, 0.05) is 29.8 Å². The van der Waals surface area contributed by atoms with E-state index in [2.05, 4.69) is 0 Å². The predicted molar refractivity (Wildman–Crippen MR) is 104 cm³/mol. The van der Waals surface area contributed by atoms with Crippen LogP contribution in [0.15, 0.2) is 30.3 Å². The Hall–Kier alpha value is -1.94. The minimum Gasteiger partial charge on any atom is -0.507 e. The number of anilines is 1. The van der Waals surface area contributed by atoms with Gasteiger partial charge in [-0.25, -0.2) is 4.79 Å². The van der Waals surface area contributed by atoms with Gasteiger partial charge in [-0.05, 0) is 31.7 Å². The Morgan fingerprint density at radius 2 is 1.88 bits per heavy atom. The second-order valence-corrected chi connectivity index (χ2v) is 7.12. The molecule has 25 heavy (non-hydrogen) atoms. The van der Waals surface area contributed by atoms with E-state index in [1.165, 1.54) is 0 Å². The molecule has 1 atom stereocenters. The lowest BCUT2D eigenvalue weighted by Gasteiger charge is -2.25.